The first-order valence-corrected chi connectivity index (χ1v) is 10.1. The number of thiocarbonyl (C=S) groups is 1. The normalized spacial score (nSPS) is 32.3. The van der Waals surface area contributed by atoms with Crippen molar-refractivity contribution in [3.05, 3.63) is 34.9 Å². The average Bonchev–Trinajstić information content (AvgIpc) is 2.59. The number of hydrogen-bond acceptors (Lipinski definition) is 3. The Hall–Kier alpha value is -1.86. The fourth-order valence-corrected chi connectivity index (χ4v) is 6.16. The summed E-state index contributed by atoms with van der Waals surface area (Å²) in [5.41, 5.74) is 8.69. The molecule has 4 fully saturated rings. The van der Waals surface area contributed by atoms with Crippen LogP contribution in [0.3, 0.4) is 0 Å². The number of hydrogen-bond donors (Lipinski definition) is 1. The summed E-state index contributed by atoms with van der Waals surface area (Å²) in [6, 6.07) is 8.66. The molecular weight excluding hydrogens is 340 g/mol. The molecule has 4 heteroatoms. The van der Waals surface area contributed by atoms with Crippen molar-refractivity contribution >= 4 is 23.3 Å². The molecule has 136 valence electrons. The van der Waals surface area contributed by atoms with E-state index >= 15 is 0 Å². The summed E-state index contributed by atoms with van der Waals surface area (Å²) in [5.74, 6) is 3.50. The highest BCUT2D eigenvalue weighted by Crippen LogP contribution is 2.60. The highest BCUT2D eigenvalue weighted by Gasteiger charge is 2.51. The number of ether oxygens (including phenoxy) is 1. The minimum Gasteiger partial charge on any atom is -0.493 e. The van der Waals surface area contributed by atoms with Gasteiger partial charge in [0.05, 0.1) is 12.2 Å². The summed E-state index contributed by atoms with van der Waals surface area (Å²) in [5, 5.41) is 9.35. The van der Waals surface area contributed by atoms with Crippen molar-refractivity contribution in [1.29, 1.82) is 5.26 Å². The Bertz CT molecular complexity index is 770. The molecule has 4 saturated carbocycles. The second kappa shape index (κ2) is 6.70. The molecule has 0 heterocycles. The molecule has 0 amide bonds. The first-order chi connectivity index (χ1) is 12.5. The third-order valence-corrected chi connectivity index (χ3v) is 6.87. The van der Waals surface area contributed by atoms with Gasteiger partial charge in [0.1, 0.15) is 16.8 Å². The van der Waals surface area contributed by atoms with Gasteiger partial charge in [0.2, 0.25) is 0 Å². The second-order valence-corrected chi connectivity index (χ2v) is 8.86. The molecule has 2 N–H and O–H groups in total. The van der Waals surface area contributed by atoms with Gasteiger partial charge < -0.3 is 10.5 Å². The van der Waals surface area contributed by atoms with E-state index in [9.17, 15) is 5.26 Å². The summed E-state index contributed by atoms with van der Waals surface area (Å²) in [7, 11) is 0. The van der Waals surface area contributed by atoms with Gasteiger partial charge in [-0.25, -0.2) is 0 Å². The lowest BCUT2D eigenvalue weighted by molar-refractivity contribution is -0.00521. The SMILES string of the molecule is CCOc1ccc(C23CC4CC(CC(C4)C2)C3)cc1/C=C(\C#N)C(N)=S. The van der Waals surface area contributed by atoms with Crippen molar-refractivity contribution in [3.63, 3.8) is 0 Å². The van der Waals surface area contributed by atoms with E-state index in [1.54, 1.807) is 6.08 Å². The predicted octanol–water partition coefficient (Wildman–Crippen LogP) is 4.75. The van der Waals surface area contributed by atoms with E-state index in [0.29, 0.717) is 17.6 Å². The highest BCUT2D eigenvalue weighted by molar-refractivity contribution is 7.80. The first-order valence-electron chi connectivity index (χ1n) is 9.72. The van der Waals surface area contributed by atoms with Crippen LogP contribution in [0.4, 0.5) is 0 Å². The van der Waals surface area contributed by atoms with E-state index in [4.69, 9.17) is 22.7 Å². The zero-order chi connectivity index (χ0) is 18.3. The first kappa shape index (κ1) is 17.5. The fourth-order valence-electron chi connectivity index (χ4n) is 6.06. The van der Waals surface area contributed by atoms with Crippen LogP contribution in [-0.2, 0) is 5.41 Å². The number of benzene rings is 1. The van der Waals surface area contributed by atoms with Crippen molar-refractivity contribution < 1.29 is 4.74 Å². The van der Waals surface area contributed by atoms with Crippen LogP contribution in [0.5, 0.6) is 5.75 Å². The molecule has 0 aliphatic heterocycles. The van der Waals surface area contributed by atoms with E-state index in [-0.39, 0.29) is 4.99 Å². The molecule has 3 nitrogen and oxygen atoms in total. The van der Waals surface area contributed by atoms with Gasteiger partial charge in [0.25, 0.3) is 0 Å². The highest BCUT2D eigenvalue weighted by atomic mass is 32.1. The Morgan fingerprint density at radius 2 is 1.88 bits per heavy atom. The maximum absolute atomic E-state index is 9.35. The van der Waals surface area contributed by atoms with Crippen LogP contribution in [0, 0.1) is 29.1 Å². The monoisotopic (exact) mass is 366 g/mol. The Balaban J connectivity index is 1.75. The van der Waals surface area contributed by atoms with Crippen molar-refractivity contribution in [1.82, 2.24) is 0 Å². The summed E-state index contributed by atoms with van der Waals surface area (Å²) in [6.45, 7) is 2.56. The van der Waals surface area contributed by atoms with Gasteiger partial charge in [-0.1, -0.05) is 18.3 Å². The molecule has 26 heavy (non-hydrogen) atoms. The molecule has 4 bridgehead atoms. The Morgan fingerprint density at radius 3 is 2.38 bits per heavy atom. The van der Waals surface area contributed by atoms with Gasteiger partial charge in [-0.15, -0.1) is 0 Å². The van der Waals surface area contributed by atoms with Gasteiger partial charge in [0, 0.05) is 5.56 Å². The van der Waals surface area contributed by atoms with Crippen molar-refractivity contribution in [2.45, 2.75) is 50.9 Å². The van der Waals surface area contributed by atoms with Crippen LogP contribution in [0.15, 0.2) is 23.8 Å². The third kappa shape index (κ3) is 3.03. The van der Waals surface area contributed by atoms with Crippen LogP contribution in [0.2, 0.25) is 0 Å². The molecule has 0 atom stereocenters. The molecule has 1 aromatic rings. The lowest BCUT2D eigenvalue weighted by Gasteiger charge is -2.57. The Morgan fingerprint density at radius 1 is 1.27 bits per heavy atom. The van der Waals surface area contributed by atoms with E-state index in [2.05, 4.69) is 24.3 Å². The minimum absolute atomic E-state index is 0.134. The number of nitriles is 1. The third-order valence-electron chi connectivity index (χ3n) is 6.65. The zero-order valence-electron chi connectivity index (χ0n) is 15.3. The van der Waals surface area contributed by atoms with Gasteiger partial charge in [-0.05, 0) is 92.4 Å². The van der Waals surface area contributed by atoms with E-state index < -0.39 is 0 Å². The van der Waals surface area contributed by atoms with E-state index in [1.165, 1.54) is 44.1 Å². The molecule has 0 aromatic heterocycles. The van der Waals surface area contributed by atoms with Gasteiger partial charge in [-0.3, -0.25) is 0 Å². The van der Waals surface area contributed by atoms with Crippen molar-refractivity contribution in [2.75, 3.05) is 6.61 Å². The minimum atomic E-state index is 0.134. The second-order valence-electron chi connectivity index (χ2n) is 8.42. The number of rotatable bonds is 5. The largest absolute Gasteiger partial charge is 0.493 e. The lowest BCUT2D eigenvalue weighted by atomic mass is 9.48. The van der Waals surface area contributed by atoms with Gasteiger partial charge in [-0.2, -0.15) is 5.26 Å². The molecule has 0 radical (unpaired) electrons. The standard InChI is InChI=1S/C22H26N2OS/c1-2-25-20-4-3-19(9-17(20)8-18(13-23)21(24)26)22-10-14-5-15(11-22)7-16(6-14)12-22/h3-4,8-9,14-16H,2,5-7,10-12H2,1H3,(H2,24,26)/b18-8+. The topological polar surface area (TPSA) is 59.0 Å². The summed E-state index contributed by atoms with van der Waals surface area (Å²) < 4.78 is 5.80. The van der Waals surface area contributed by atoms with E-state index in [1.807, 2.05) is 6.92 Å². The van der Waals surface area contributed by atoms with E-state index in [0.717, 1.165) is 29.1 Å². The van der Waals surface area contributed by atoms with Gasteiger partial charge >= 0.3 is 0 Å². The van der Waals surface area contributed by atoms with Crippen LogP contribution in [0.25, 0.3) is 6.08 Å². The van der Waals surface area contributed by atoms with Crippen LogP contribution >= 0.6 is 12.2 Å². The lowest BCUT2D eigenvalue weighted by Crippen LogP contribution is -2.48. The molecule has 1 aromatic carbocycles. The Labute approximate surface area is 161 Å². The fraction of sp³-hybridized carbons (Fsp3) is 0.545. The maximum atomic E-state index is 9.35. The molecule has 5 rings (SSSR count). The number of nitrogens with two attached hydrogens (primary N) is 1. The van der Waals surface area contributed by atoms with Crippen molar-refractivity contribution in [3.8, 4) is 11.8 Å². The molecule has 0 unspecified atom stereocenters. The molecule has 4 aliphatic carbocycles. The van der Waals surface area contributed by atoms with Crippen LogP contribution in [-0.4, -0.2) is 11.6 Å². The molecule has 4 aliphatic rings. The predicted molar refractivity (Wildman–Crippen MR) is 108 cm³/mol. The number of nitrogens with zero attached hydrogens (tertiary/aromatic N) is 1. The molecule has 0 spiro atoms. The summed E-state index contributed by atoms with van der Waals surface area (Å²) in [4.78, 5) is 0.134. The summed E-state index contributed by atoms with van der Waals surface area (Å²) in [6.07, 6.45) is 10.0. The maximum Gasteiger partial charge on any atom is 0.126 e. The zero-order valence-corrected chi connectivity index (χ0v) is 16.1. The summed E-state index contributed by atoms with van der Waals surface area (Å²) >= 11 is 5.02. The van der Waals surface area contributed by atoms with Crippen LogP contribution in [0.1, 0.15) is 56.6 Å². The van der Waals surface area contributed by atoms with Crippen molar-refractivity contribution in [2.24, 2.45) is 23.5 Å². The quantitative estimate of drug-likeness (QED) is 0.464. The smallest absolute Gasteiger partial charge is 0.126 e. The van der Waals surface area contributed by atoms with Gasteiger partial charge in [0.15, 0.2) is 0 Å². The average molecular weight is 367 g/mol. The molecule has 0 saturated heterocycles. The Kier molecular flexibility index (Phi) is 4.52. The molecular formula is C22H26N2OS. The van der Waals surface area contributed by atoms with Crippen LogP contribution < -0.4 is 10.5 Å².